The lowest BCUT2D eigenvalue weighted by molar-refractivity contribution is 0.101. The van der Waals surface area contributed by atoms with Gasteiger partial charge in [0.1, 0.15) is 0 Å². The van der Waals surface area contributed by atoms with E-state index in [1.807, 2.05) is 0 Å². The monoisotopic (exact) mass is 252 g/mol. The van der Waals surface area contributed by atoms with Crippen LogP contribution in [-0.4, -0.2) is 23.9 Å². The molecule has 2 heterocycles. The van der Waals surface area contributed by atoms with E-state index in [1.54, 1.807) is 0 Å². The van der Waals surface area contributed by atoms with Crippen molar-refractivity contribution >= 4 is 11.9 Å². The Morgan fingerprint density at radius 1 is 0.941 bits per heavy atom. The van der Waals surface area contributed by atoms with Crippen molar-refractivity contribution < 1.29 is 0 Å². The summed E-state index contributed by atoms with van der Waals surface area (Å²) in [4.78, 5) is 0. The minimum absolute atomic E-state index is 0.811. The van der Waals surface area contributed by atoms with Crippen molar-refractivity contribution in [2.75, 3.05) is 6.54 Å². The lowest BCUT2D eigenvalue weighted by Crippen LogP contribution is -2.58. The van der Waals surface area contributed by atoms with Crippen LogP contribution in [0.5, 0.6) is 0 Å². The molecule has 4 fully saturated rings. The average molecular weight is 252 g/mol. The van der Waals surface area contributed by atoms with Crippen molar-refractivity contribution in [1.82, 2.24) is 10.0 Å². The summed E-state index contributed by atoms with van der Waals surface area (Å²) in [5.41, 5.74) is 0. The first-order valence-corrected chi connectivity index (χ1v) is 8.46. The predicted molar refractivity (Wildman–Crippen MR) is 72.9 cm³/mol. The van der Waals surface area contributed by atoms with E-state index in [2.05, 4.69) is 22.0 Å². The van der Waals surface area contributed by atoms with Gasteiger partial charge in [-0.1, -0.05) is 24.8 Å². The lowest BCUT2D eigenvalue weighted by Gasteiger charge is -2.51. The average Bonchev–Trinajstić information content (AvgIpc) is 2.86. The number of rotatable bonds is 0. The molecule has 3 heteroatoms. The summed E-state index contributed by atoms with van der Waals surface area (Å²) in [6.07, 6.45) is 10.3. The van der Waals surface area contributed by atoms with Gasteiger partial charge in [0.25, 0.3) is 0 Å². The van der Waals surface area contributed by atoms with Gasteiger partial charge in [-0.05, 0) is 56.4 Å². The Labute approximate surface area is 109 Å². The number of hydrogen-bond acceptors (Lipinski definition) is 3. The third-order valence-corrected chi connectivity index (χ3v) is 7.08. The van der Waals surface area contributed by atoms with E-state index in [0.717, 1.165) is 35.1 Å². The second kappa shape index (κ2) is 4.43. The molecule has 96 valence electrons. The highest BCUT2D eigenvalue weighted by atomic mass is 32.2. The number of nitrogens with one attached hydrogen (secondary N) is 2. The molecule has 2 nitrogen and oxygen atoms in total. The van der Waals surface area contributed by atoms with Crippen LogP contribution in [0.25, 0.3) is 0 Å². The molecular formula is C14H24N2S. The Morgan fingerprint density at radius 2 is 1.88 bits per heavy atom. The van der Waals surface area contributed by atoms with Gasteiger partial charge >= 0.3 is 0 Å². The molecule has 2 saturated carbocycles. The second-order valence-electron chi connectivity index (χ2n) is 6.51. The van der Waals surface area contributed by atoms with Gasteiger partial charge in [0.05, 0.1) is 0 Å². The molecule has 2 saturated heterocycles. The van der Waals surface area contributed by atoms with E-state index in [0.29, 0.717) is 0 Å². The highest BCUT2D eigenvalue weighted by Gasteiger charge is 2.49. The zero-order valence-electron chi connectivity index (χ0n) is 10.5. The van der Waals surface area contributed by atoms with Crippen molar-refractivity contribution in [3.8, 4) is 0 Å². The Morgan fingerprint density at radius 3 is 2.88 bits per heavy atom. The van der Waals surface area contributed by atoms with Crippen molar-refractivity contribution in [3.63, 3.8) is 0 Å². The zero-order valence-corrected chi connectivity index (χ0v) is 11.3. The van der Waals surface area contributed by atoms with Gasteiger partial charge < -0.3 is 5.32 Å². The third kappa shape index (κ3) is 1.77. The van der Waals surface area contributed by atoms with Crippen molar-refractivity contribution in [3.05, 3.63) is 0 Å². The van der Waals surface area contributed by atoms with Crippen LogP contribution in [0.3, 0.4) is 0 Å². The Hall–Kier alpha value is 0.270. The second-order valence-corrected chi connectivity index (χ2v) is 7.59. The molecule has 0 radical (unpaired) electrons. The summed E-state index contributed by atoms with van der Waals surface area (Å²) in [7, 11) is 0. The van der Waals surface area contributed by atoms with Crippen LogP contribution in [0.4, 0.5) is 0 Å². The molecule has 0 aromatic rings. The van der Waals surface area contributed by atoms with Crippen LogP contribution < -0.4 is 10.0 Å². The lowest BCUT2D eigenvalue weighted by atomic mass is 9.65. The molecule has 0 aromatic carbocycles. The molecule has 0 spiro atoms. The predicted octanol–water partition coefficient (Wildman–Crippen LogP) is 2.55. The van der Waals surface area contributed by atoms with Gasteiger partial charge in [-0.2, -0.15) is 0 Å². The van der Waals surface area contributed by atoms with Gasteiger partial charge in [0.15, 0.2) is 0 Å². The van der Waals surface area contributed by atoms with E-state index in [4.69, 9.17) is 0 Å². The van der Waals surface area contributed by atoms with E-state index < -0.39 is 0 Å². The topological polar surface area (TPSA) is 24.1 Å². The Balaban J connectivity index is 1.60. The van der Waals surface area contributed by atoms with Crippen molar-refractivity contribution in [2.24, 2.45) is 17.8 Å². The molecule has 2 aliphatic carbocycles. The molecule has 6 unspecified atom stereocenters. The van der Waals surface area contributed by atoms with Gasteiger partial charge in [-0.15, -0.1) is 0 Å². The maximum absolute atomic E-state index is 3.84. The maximum atomic E-state index is 3.84. The third-order valence-electron chi connectivity index (χ3n) is 5.75. The fraction of sp³-hybridized carbons (Fsp3) is 1.00. The van der Waals surface area contributed by atoms with E-state index >= 15 is 0 Å². The maximum Gasteiger partial charge on any atom is 0.0225 e. The van der Waals surface area contributed by atoms with Crippen LogP contribution in [0, 0.1) is 17.8 Å². The van der Waals surface area contributed by atoms with Crippen LogP contribution in [0.2, 0.25) is 0 Å². The minimum Gasteiger partial charge on any atom is -0.313 e. The summed E-state index contributed by atoms with van der Waals surface area (Å²) in [5.74, 6) is 2.96. The van der Waals surface area contributed by atoms with E-state index in [9.17, 15) is 0 Å². The Bertz CT molecular complexity index is 296. The fourth-order valence-corrected chi connectivity index (χ4v) is 6.38. The van der Waals surface area contributed by atoms with Gasteiger partial charge in [-0.3, -0.25) is 4.72 Å². The highest BCUT2D eigenvalue weighted by molar-refractivity contribution is 7.98. The molecular weight excluding hydrogens is 228 g/mol. The SMILES string of the molecule is C1CCC2C(C1)SNC1CCC3CCNC3C12. The summed E-state index contributed by atoms with van der Waals surface area (Å²) in [6, 6.07) is 1.67. The molecule has 4 aliphatic rings. The highest BCUT2D eigenvalue weighted by Crippen LogP contribution is 2.49. The van der Waals surface area contributed by atoms with Crippen LogP contribution in [0.1, 0.15) is 44.9 Å². The molecule has 2 N–H and O–H groups in total. The first-order chi connectivity index (χ1) is 8.43. The molecule has 4 rings (SSSR count). The molecule has 0 amide bonds. The first kappa shape index (κ1) is 11.1. The van der Waals surface area contributed by atoms with Crippen molar-refractivity contribution in [1.29, 1.82) is 0 Å². The quantitative estimate of drug-likeness (QED) is 0.648. The molecule has 0 aromatic heterocycles. The molecule has 2 aliphatic heterocycles. The summed E-state index contributed by atoms with van der Waals surface area (Å²) in [6.45, 7) is 1.28. The van der Waals surface area contributed by atoms with Gasteiger partial charge in [0, 0.05) is 17.3 Å². The first-order valence-electron chi connectivity index (χ1n) is 7.58. The standard InChI is InChI=1S/C14H24N2S/c1-2-4-12-10(3-1)13-11(16-17-12)6-5-9-7-8-15-14(9)13/h9-16H,1-8H2. The number of fused-ring (bicyclic) bond motifs is 5. The largest absolute Gasteiger partial charge is 0.313 e. The summed E-state index contributed by atoms with van der Waals surface area (Å²) < 4.78 is 3.81. The summed E-state index contributed by atoms with van der Waals surface area (Å²) in [5, 5.41) is 4.76. The number of hydrogen-bond donors (Lipinski definition) is 2. The van der Waals surface area contributed by atoms with Crippen LogP contribution >= 0.6 is 11.9 Å². The Kier molecular flexibility index (Phi) is 2.90. The van der Waals surface area contributed by atoms with Crippen LogP contribution in [0.15, 0.2) is 0 Å². The van der Waals surface area contributed by atoms with Crippen LogP contribution in [-0.2, 0) is 0 Å². The van der Waals surface area contributed by atoms with Crippen molar-refractivity contribution in [2.45, 2.75) is 62.3 Å². The molecule has 6 atom stereocenters. The molecule has 0 bridgehead atoms. The summed E-state index contributed by atoms with van der Waals surface area (Å²) >= 11 is 2.09. The smallest absolute Gasteiger partial charge is 0.0225 e. The van der Waals surface area contributed by atoms with E-state index in [-0.39, 0.29) is 0 Å². The minimum atomic E-state index is 0.811. The van der Waals surface area contributed by atoms with Gasteiger partial charge in [-0.25, -0.2) is 0 Å². The molecule has 17 heavy (non-hydrogen) atoms. The normalized spacial score (nSPS) is 53.6. The van der Waals surface area contributed by atoms with Gasteiger partial charge in [0.2, 0.25) is 0 Å². The fourth-order valence-electron chi connectivity index (χ4n) is 4.98. The zero-order chi connectivity index (χ0) is 11.2. The van der Waals surface area contributed by atoms with E-state index in [1.165, 1.54) is 51.5 Å².